The van der Waals surface area contributed by atoms with E-state index in [0.29, 0.717) is 18.0 Å². The third-order valence-corrected chi connectivity index (χ3v) is 3.88. The number of primary amides is 1. The van der Waals surface area contributed by atoms with Gasteiger partial charge in [-0.3, -0.25) is 4.79 Å². The van der Waals surface area contributed by atoms with Gasteiger partial charge in [0.15, 0.2) is 5.96 Å². The summed E-state index contributed by atoms with van der Waals surface area (Å²) in [4.78, 5) is 18.1. The van der Waals surface area contributed by atoms with Crippen molar-refractivity contribution in [2.24, 2.45) is 16.6 Å². The average molecular weight is 446 g/mol. The van der Waals surface area contributed by atoms with Gasteiger partial charge in [0.25, 0.3) is 0 Å². The Morgan fingerprint density at radius 2 is 2.29 bits per heavy atom. The molecule has 1 amide bonds. The monoisotopic (exact) mass is 446 g/mol. The number of hydrogen-bond donors (Lipinski definition) is 2. The number of hydrogen-bond acceptors (Lipinski definition) is 3. The van der Waals surface area contributed by atoms with Gasteiger partial charge in [0.1, 0.15) is 0 Å². The van der Waals surface area contributed by atoms with Crippen molar-refractivity contribution in [3.8, 4) is 0 Å². The number of nitrogens with two attached hydrogens (primary N) is 1. The second-order valence-corrected chi connectivity index (χ2v) is 5.84. The van der Waals surface area contributed by atoms with Crippen LogP contribution in [0.3, 0.4) is 0 Å². The van der Waals surface area contributed by atoms with Crippen molar-refractivity contribution in [3.63, 3.8) is 0 Å². The van der Waals surface area contributed by atoms with Crippen molar-refractivity contribution < 1.29 is 9.53 Å². The molecule has 1 aromatic carbocycles. The molecule has 1 saturated heterocycles. The first-order valence-corrected chi connectivity index (χ1v) is 8.06. The Hall–Kier alpha value is -1.35. The van der Waals surface area contributed by atoms with Crippen LogP contribution in [0.15, 0.2) is 29.3 Å². The van der Waals surface area contributed by atoms with E-state index in [-0.39, 0.29) is 24.0 Å². The van der Waals surface area contributed by atoms with Crippen LogP contribution in [0.1, 0.15) is 29.3 Å². The first kappa shape index (κ1) is 20.7. The number of carbonyl (C=O) groups is 1. The molecule has 7 heteroatoms. The SMILES string of the molecule is CCNC(=NCc1cccc(C(N)=O)c1)N(C)CC1CCOC1.I. The van der Waals surface area contributed by atoms with Crippen LogP contribution in [0.4, 0.5) is 0 Å². The molecule has 1 aliphatic heterocycles. The molecule has 2 rings (SSSR count). The minimum atomic E-state index is -0.416. The molecule has 0 saturated carbocycles. The number of ether oxygens (including phenoxy) is 1. The molecular weight excluding hydrogens is 419 g/mol. The number of rotatable bonds is 6. The summed E-state index contributed by atoms with van der Waals surface area (Å²) in [6.07, 6.45) is 1.10. The third kappa shape index (κ3) is 6.27. The smallest absolute Gasteiger partial charge is 0.248 e. The maximum absolute atomic E-state index is 11.2. The number of benzene rings is 1. The van der Waals surface area contributed by atoms with Crippen molar-refractivity contribution in [2.45, 2.75) is 19.9 Å². The van der Waals surface area contributed by atoms with Gasteiger partial charge in [-0.25, -0.2) is 4.99 Å². The fourth-order valence-electron chi connectivity index (χ4n) is 2.66. The van der Waals surface area contributed by atoms with Crippen LogP contribution in [-0.2, 0) is 11.3 Å². The van der Waals surface area contributed by atoms with Crippen molar-refractivity contribution >= 4 is 35.8 Å². The zero-order valence-electron chi connectivity index (χ0n) is 14.3. The fraction of sp³-hybridized carbons (Fsp3) is 0.529. The highest BCUT2D eigenvalue weighted by Gasteiger charge is 2.19. The summed E-state index contributed by atoms with van der Waals surface area (Å²) in [6, 6.07) is 7.29. The van der Waals surface area contributed by atoms with Crippen LogP contribution in [-0.4, -0.2) is 50.1 Å². The predicted octanol–water partition coefficient (Wildman–Crippen LogP) is 1.84. The predicted molar refractivity (Wildman–Crippen MR) is 107 cm³/mol. The van der Waals surface area contributed by atoms with E-state index in [1.54, 1.807) is 12.1 Å². The summed E-state index contributed by atoms with van der Waals surface area (Å²) in [6.45, 7) is 5.97. The number of carbonyl (C=O) groups excluding carboxylic acids is 1. The Balaban J connectivity index is 0.00000288. The second kappa shape index (κ2) is 10.5. The summed E-state index contributed by atoms with van der Waals surface area (Å²) in [5, 5.41) is 3.31. The molecule has 24 heavy (non-hydrogen) atoms. The number of halogens is 1. The van der Waals surface area contributed by atoms with Gasteiger partial charge < -0.3 is 20.7 Å². The van der Waals surface area contributed by atoms with Gasteiger partial charge in [0, 0.05) is 38.2 Å². The van der Waals surface area contributed by atoms with E-state index >= 15 is 0 Å². The fourth-order valence-corrected chi connectivity index (χ4v) is 2.66. The van der Waals surface area contributed by atoms with Crippen molar-refractivity contribution in [1.82, 2.24) is 10.2 Å². The molecular formula is C17H27IN4O2. The first-order valence-electron chi connectivity index (χ1n) is 8.06. The molecule has 1 fully saturated rings. The third-order valence-electron chi connectivity index (χ3n) is 3.88. The Kier molecular flexibility index (Phi) is 9.05. The Morgan fingerprint density at radius 3 is 2.92 bits per heavy atom. The number of amides is 1. The van der Waals surface area contributed by atoms with Crippen LogP contribution in [0.25, 0.3) is 0 Å². The molecule has 0 aromatic heterocycles. The quantitative estimate of drug-likeness (QED) is 0.397. The van der Waals surface area contributed by atoms with Gasteiger partial charge in [-0.1, -0.05) is 12.1 Å². The molecule has 6 nitrogen and oxygen atoms in total. The van der Waals surface area contributed by atoms with Gasteiger partial charge in [-0.2, -0.15) is 0 Å². The second-order valence-electron chi connectivity index (χ2n) is 5.84. The zero-order valence-corrected chi connectivity index (χ0v) is 16.7. The van der Waals surface area contributed by atoms with Gasteiger partial charge in [-0.05, 0) is 31.0 Å². The van der Waals surface area contributed by atoms with Gasteiger partial charge in [0.2, 0.25) is 5.91 Å². The maximum atomic E-state index is 11.2. The zero-order chi connectivity index (χ0) is 16.7. The minimum absolute atomic E-state index is 0. The molecule has 1 atom stereocenters. The van der Waals surface area contributed by atoms with E-state index in [9.17, 15) is 4.79 Å². The Labute approximate surface area is 160 Å². The summed E-state index contributed by atoms with van der Waals surface area (Å²) in [5.74, 6) is 1.01. The van der Waals surface area contributed by atoms with E-state index in [1.165, 1.54) is 0 Å². The lowest BCUT2D eigenvalue weighted by atomic mass is 10.1. The molecule has 1 aromatic rings. The van der Waals surface area contributed by atoms with Crippen LogP contribution in [0.2, 0.25) is 0 Å². The molecule has 1 aliphatic rings. The van der Waals surface area contributed by atoms with Gasteiger partial charge in [0.05, 0.1) is 13.2 Å². The lowest BCUT2D eigenvalue weighted by Crippen LogP contribution is -2.41. The van der Waals surface area contributed by atoms with Crippen LogP contribution >= 0.6 is 24.0 Å². The highest BCUT2D eigenvalue weighted by molar-refractivity contribution is 14.0. The molecule has 134 valence electrons. The summed E-state index contributed by atoms with van der Waals surface area (Å²) in [5.41, 5.74) is 6.80. The van der Waals surface area contributed by atoms with Gasteiger partial charge in [-0.15, -0.1) is 24.0 Å². The van der Waals surface area contributed by atoms with E-state index < -0.39 is 5.91 Å². The molecule has 0 spiro atoms. The molecule has 3 N–H and O–H groups in total. The van der Waals surface area contributed by atoms with Crippen LogP contribution in [0, 0.1) is 5.92 Å². The number of nitrogens with zero attached hydrogens (tertiary/aromatic N) is 2. The standard InChI is InChI=1S/C17H26N4O2.HI/c1-3-19-17(21(2)11-14-7-8-23-12-14)20-10-13-5-4-6-15(9-13)16(18)22;/h4-6,9,14H,3,7-8,10-12H2,1-2H3,(H2,18,22)(H,19,20);1H. The van der Waals surface area contributed by atoms with Gasteiger partial charge >= 0.3 is 0 Å². The summed E-state index contributed by atoms with van der Waals surface area (Å²) in [7, 11) is 2.04. The summed E-state index contributed by atoms with van der Waals surface area (Å²) >= 11 is 0. The molecule has 0 bridgehead atoms. The first-order chi connectivity index (χ1) is 11.1. The summed E-state index contributed by atoms with van der Waals surface area (Å²) < 4.78 is 5.43. The molecule has 1 heterocycles. The topological polar surface area (TPSA) is 79.9 Å². The number of guanidine groups is 1. The average Bonchev–Trinajstić information content (AvgIpc) is 3.04. The van der Waals surface area contributed by atoms with Crippen LogP contribution in [0.5, 0.6) is 0 Å². The van der Waals surface area contributed by atoms with E-state index in [2.05, 4.69) is 22.1 Å². The lowest BCUT2D eigenvalue weighted by Gasteiger charge is -2.24. The Bertz CT molecular complexity index is 559. The molecule has 0 radical (unpaired) electrons. The van der Waals surface area contributed by atoms with Crippen LogP contribution < -0.4 is 11.1 Å². The maximum Gasteiger partial charge on any atom is 0.248 e. The number of nitrogens with one attached hydrogen (secondary N) is 1. The van der Waals surface area contributed by atoms with Crippen molar-refractivity contribution in [2.75, 3.05) is 33.4 Å². The van der Waals surface area contributed by atoms with Crippen molar-refractivity contribution in [1.29, 1.82) is 0 Å². The largest absolute Gasteiger partial charge is 0.381 e. The number of aliphatic imine (C=N–C) groups is 1. The van der Waals surface area contributed by atoms with E-state index in [4.69, 9.17) is 10.5 Å². The highest BCUT2D eigenvalue weighted by atomic mass is 127. The normalized spacial score (nSPS) is 17.2. The van der Waals surface area contributed by atoms with E-state index in [0.717, 1.165) is 44.2 Å². The molecule has 0 aliphatic carbocycles. The lowest BCUT2D eigenvalue weighted by molar-refractivity contribution is 0.1000. The Morgan fingerprint density at radius 1 is 1.50 bits per heavy atom. The van der Waals surface area contributed by atoms with Crippen molar-refractivity contribution in [3.05, 3.63) is 35.4 Å². The van der Waals surface area contributed by atoms with E-state index in [1.807, 2.05) is 19.2 Å². The molecule has 1 unspecified atom stereocenters. The minimum Gasteiger partial charge on any atom is -0.381 e. The highest BCUT2D eigenvalue weighted by Crippen LogP contribution is 2.13.